The number of nitrogens with zero attached hydrogens (tertiary/aromatic N) is 2. The lowest BCUT2D eigenvalue weighted by atomic mass is 9.83. The minimum absolute atomic E-state index is 0.00744. The Morgan fingerprint density at radius 1 is 1.08 bits per heavy atom. The summed E-state index contributed by atoms with van der Waals surface area (Å²) in [6, 6.07) is 8.49. The molecule has 4 atom stereocenters. The van der Waals surface area contributed by atoms with Crippen molar-refractivity contribution in [1.82, 2.24) is 15.6 Å². The summed E-state index contributed by atoms with van der Waals surface area (Å²) in [6.45, 7) is 7.67. The van der Waals surface area contributed by atoms with Gasteiger partial charge < -0.3 is 20.8 Å². The fraction of sp³-hybridized carbons (Fsp3) is 0.560. The molecule has 1 aromatic carbocycles. The van der Waals surface area contributed by atoms with E-state index in [1.807, 2.05) is 44.2 Å². The van der Waals surface area contributed by atoms with Crippen molar-refractivity contribution >= 4 is 38.3 Å². The molecule has 0 aliphatic carbocycles. The van der Waals surface area contributed by atoms with Crippen molar-refractivity contribution in [1.29, 1.82) is 0 Å². The summed E-state index contributed by atoms with van der Waals surface area (Å²) in [5.41, 5.74) is 0.898. The van der Waals surface area contributed by atoms with E-state index in [4.69, 9.17) is 0 Å². The van der Waals surface area contributed by atoms with Crippen LogP contribution in [0, 0.1) is 17.8 Å². The molecule has 2 aromatic rings. The molecular formula is C25H38N4O6S2. The summed E-state index contributed by atoms with van der Waals surface area (Å²) in [7, 11) is -2.20. The third kappa shape index (κ3) is 8.77. The van der Waals surface area contributed by atoms with Gasteiger partial charge >= 0.3 is 0 Å². The first-order chi connectivity index (χ1) is 17.2. The predicted octanol–water partition coefficient (Wildman–Crippen LogP) is 1.99. The molecule has 2 amide bonds. The highest BCUT2D eigenvalue weighted by molar-refractivity contribution is 7.92. The van der Waals surface area contributed by atoms with Gasteiger partial charge in [0, 0.05) is 19.0 Å². The van der Waals surface area contributed by atoms with Crippen LogP contribution in [-0.4, -0.2) is 67.0 Å². The van der Waals surface area contributed by atoms with E-state index in [0.29, 0.717) is 6.42 Å². The molecule has 206 valence electrons. The zero-order chi connectivity index (χ0) is 27.9. The molecule has 37 heavy (non-hydrogen) atoms. The van der Waals surface area contributed by atoms with Crippen LogP contribution in [0.3, 0.4) is 0 Å². The Morgan fingerprint density at radius 2 is 1.70 bits per heavy atom. The number of aromatic nitrogens is 1. The highest BCUT2D eigenvalue weighted by Crippen LogP contribution is 2.24. The smallest absolute Gasteiger partial charge is 0.271 e. The van der Waals surface area contributed by atoms with E-state index < -0.39 is 46.0 Å². The number of thiazole rings is 1. The van der Waals surface area contributed by atoms with E-state index in [-0.39, 0.29) is 29.2 Å². The van der Waals surface area contributed by atoms with Crippen LogP contribution in [0.25, 0.3) is 0 Å². The Labute approximate surface area is 223 Å². The first-order valence-corrected chi connectivity index (χ1v) is 14.8. The van der Waals surface area contributed by atoms with Crippen molar-refractivity contribution in [2.24, 2.45) is 17.8 Å². The van der Waals surface area contributed by atoms with Gasteiger partial charge in [-0.1, -0.05) is 58.0 Å². The average molecular weight is 555 g/mol. The van der Waals surface area contributed by atoms with Crippen LogP contribution in [0.2, 0.25) is 0 Å². The number of carbonyl (C=O) groups excluding carboxylic acids is 2. The molecule has 0 aliphatic rings. The summed E-state index contributed by atoms with van der Waals surface area (Å²) >= 11 is 0.995. The van der Waals surface area contributed by atoms with E-state index in [1.54, 1.807) is 13.8 Å². The lowest BCUT2D eigenvalue weighted by molar-refractivity contribution is -0.136. The van der Waals surface area contributed by atoms with E-state index in [9.17, 15) is 28.2 Å². The minimum atomic E-state index is -3.54. The fourth-order valence-corrected chi connectivity index (χ4v) is 5.43. The van der Waals surface area contributed by atoms with Gasteiger partial charge in [0.05, 0.1) is 24.3 Å². The summed E-state index contributed by atoms with van der Waals surface area (Å²) in [5.74, 6) is -2.16. The molecule has 4 unspecified atom stereocenters. The molecular weight excluding hydrogens is 516 g/mol. The van der Waals surface area contributed by atoms with Gasteiger partial charge in [0.25, 0.3) is 5.91 Å². The van der Waals surface area contributed by atoms with Gasteiger partial charge in [-0.2, -0.15) is 0 Å². The number of benzene rings is 1. The Morgan fingerprint density at radius 3 is 2.24 bits per heavy atom. The molecule has 0 spiro atoms. The predicted molar refractivity (Wildman–Crippen MR) is 145 cm³/mol. The van der Waals surface area contributed by atoms with Gasteiger partial charge in [-0.15, -0.1) is 11.3 Å². The Hall–Kier alpha value is -2.54. The number of anilines is 1. The number of aliphatic hydroxyl groups is 2. The number of rotatable bonds is 13. The van der Waals surface area contributed by atoms with Gasteiger partial charge in [-0.3, -0.25) is 9.59 Å². The molecule has 4 N–H and O–H groups in total. The molecule has 0 saturated carbocycles. The van der Waals surface area contributed by atoms with Crippen LogP contribution in [0.4, 0.5) is 5.13 Å². The summed E-state index contributed by atoms with van der Waals surface area (Å²) in [6.07, 6.45) is -1.51. The number of hydrogen-bond acceptors (Lipinski definition) is 8. The van der Waals surface area contributed by atoms with Gasteiger partial charge in [0.1, 0.15) is 11.8 Å². The summed E-state index contributed by atoms with van der Waals surface area (Å²) < 4.78 is 24.5. The number of amides is 2. The van der Waals surface area contributed by atoms with Crippen molar-refractivity contribution in [3.63, 3.8) is 0 Å². The number of nitrogens with one attached hydrogen (secondary N) is 2. The van der Waals surface area contributed by atoms with Crippen molar-refractivity contribution in [2.45, 2.75) is 58.9 Å². The van der Waals surface area contributed by atoms with Crippen molar-refractivity contribution in [3.8, 4) is 0 Å². The zero-order valence-electron chi connectivity index (χ0n) is 22.1. The average Bonchev–Trinajstić information content (AvgIpc) is 3.31. The van der Waals surface area contributed by atoms with Crippen LogP contribution in [0.15, 0.2) is 35.7 Å². The molecule has 0 aliphatic heterocycles. The van der Waals surface area contributed by atoms with Crippen LogP contribution in [0.1, 0.15) is 50.2 Å². The van der Waals surface area contributed by atoms with Crippen LogP contribution < -0.4 is 14.9 Å². The van der Waals surface area contributed by atoms with Crippen molar-refractivity contribution in [2.75, 3.05) is 17.6 Å². The topological polar surface area (TPSA) is 149 Å². The maximum absolute atomic E-state index is 13.0. The van der Waals surface area contributed by atoms with Crippen LogP contribution in [-0.2, 0) is 21.4 Å². The lowest BCUT2D eigenvalue weighted by Crippen LogP contribution is -2.54. The first kappa shape index (κ1) is 30.7. The van der Waals surface area contributed by atoms with Crippen LogP contribution in [0.5, 0.6) is 0 Å². The molecule has 2 rings (SSSR count). The zero-order valence-corrected chi connectivity index (χ0v) is 23.7. The maximum Gasteiger partial charge on any atom is 0.271 e. The number of carbonyl (C=O) groups is 2. The van der Waals surface area contributed by atoms with Gasteiger partial charge in [-0.05, 0) is 23.8 Å². The van der Waals surface area contributed by atoms with Crippen molar-refractivity contribution < 1.29 is 28.2 Å². The van der Waals surface area contributed by atoms with Crippen LogP contribution >= 0.6 is 11.3 Å². The fourth-order valence-electron chi connectivity index (χ4n) is 3.89. The molecule has 0 radical (unpaired) electrons. The normalized spacial score (nSPS) is 15.2. The lowest BCUT2D eigenvalue weighted by Gasteiger charge is -2.34. The second-order valence-corrected chi connectivity index (χ2v) is 12.8. The van der Waals surface area contributed by atoms with Crippen molar-refractivity contribution in [3.05, 3.63) is 47.0 Å². The molecule has 0 bridgehead atoms. The molecule has 0 saturated heterocycles. The summed E-state index contributed by atoms with van der Waals surface area (Å²) in [4.78, 5) is 30.0. The summed E-state index contributed by atoms with van der Waals surface area (Å²) in [5, 5.41) is 29.3. The molecule has 12 heteroatoms. The van der Waals surface area contributed by atoms with Gasteiger partial charge in [-0.25, -0.2) is 17.7 Å². The molecule has 1 heterocycles. The Balaban J connectivity index is 2.17. The second-order valence-electron chi connectivity index (χ2n) is 9.91. The molecule has 0 fully saturated rings. The van der Waals surface area contributed by atoms with Gasteiger partial charge in [0.15, 0.2) is 5.13 Å². The van der Waals surface area contributed by atoms with E-state index in [2.05, 4.69) is 15.6 Å². The third-order valence-electron chi connectivity index (χ3n) is 5.99. The van der Waals surface area contributed by atoms with E-state index >= 15 is 0 Å². The molecule has 10 nitrogen and oxygen atoms in total. The van der Waals surface area contributed by atoms with Gasteiger partial charge in [0.2, 0.25) is 15.9 Å². The monoisotopic (exact) mass is 554 g/mol. The van der Waals surface area contributed by atoms with E-state index in [0.717, 1.165) is 27.5 Å². The maximum atomic E-state index is 13.0. The standard InChI is InChI=1S/C25H38N4O6S2/c1-15(2)12-18(27-23(32)19-14-36-25(28-19)29(5)37(6,34)35)21(30)22(31)20(16(3)4)24(33)26-13-17-10-8-7-9-11-17/h7-11,14-16,18,20-22,30-31H,12-13H2,1-6H3,(H,26,33)(H,27,32). The minimum Gasteiger partial charge on any atom is -0.390 e. The number of sulfonamides is 1. The Bertz CT molecular complexity index is 1140. The SMILES string of the molecule is CC(C)CC(NC(=O)c1csc(N(C)S(C)(=O)=O)n1)C(O)C(O)C(C(=O)NCc1ccccc1)C(C)C. The first-order valence-electron chi connectivity index (χ1n) is 12.1. The third-order valence-corrected chi connectivity index (χ3v) is 8.19. The quantitative estimate of drug-likeness (QED) is 0.296. The number of aliphatic hydroxyl groups excluding tert-OH is 2. The highest BCUT2D eigenvalue weighted by Gasteiger charge is 2.39. The Kier molecular flexibility index (Phi) is 11.0. The molecule has 1 aromatic heterocycles. The second kappa shape index (κ2) is 13.3. The highest BCUT2D eigenvalue weighted by atomic mass is 32.2. The number of hydrogen-bond donors (Lipinski definition) is 4. The van der Waals surface area contributed by atoms with E-state index in [1.165, 1.54) is 12.4 Å². The largest absolute Gasteiger partial charge is 0.390 e.